The average Bonchev–Trinajstić information content (AvgIpc) is 2.94. The zero-order valence-corrected chi connectivity index (χ0v) is 14.9. The third-order valence-corrected chi connectivity index (χ3v) is 4.20. The third-order valence-electron chi connectivity index (χ3n) is 3.95. The van der Waals surface area contributed by atoms with Crippen LogP contribution in [-0.2, 0) is 11.2 Å². The Morgan fingerprint density at radius 1 is 1.24 bits per heavy atom. The van der Waals surface area contributed by atoms with Gasteiger partial charge >= 0.3 is 0 Å². The number of benzene rings is 1. The number of aliphatic hydroxyl groups excluding tert-OH is 1. The van der Waals surface area contributed by atoms with E-state index in [0.29, 0.717) is 5.02 Å². The first kappa shape index (κ1) is 17.5. The van der Waals surface area contributed by atoms with Gasteiger partial charge in [-0.2, -0.15) is 0 Å². The van der Waals surface area contributed by atoms with Gasteiger partial charge in [0.25, 0.3) is 0 Å². The van der Waals surface area contributed by atoms with Crippen molar-refractivity contribution < 1.29 is 9.90 Å². The van der Waals surface area contributed by atoms with Gasteiger partial charge < -0.3 is 14.8 Å². The van der Waals surface area contributed by atoms with Crippen LogP contribution in [0.5, 0.6) is 0 Å². The van der Waals surface area contributed by atoms with Gasteiger partial charge in [0, 0.05) is 16.8 Å². The second kappa shape index (κ2) is 6.86. The Labute approximate surface area is 151 Å². The molecule has 1 aromatic carbocycles. The Morgan fingerprint density at radius 3 is 2.64 bits per heavy atom. The van der Waals surface area contributed by atoms with Gasteiger partial charge in [-0.3, -0.25) is 4.79 Å². The zero-order chi connectivity index (χ0) is 18.0. The molecule has 2 aromatic heterocycles. The molecule has 0 saturated carbocycles. The lowest BCUT2D eigenvalue weighted by atomic mass is 10.1. The number of carbonyl (C=O) groups is 1. The van der Waals surface area contributed by atoms with Crippen molar-refractivity contribution in [1.82, 2.24) is 14.7 Å². The van der Waals surface area contributed by atoms with E-state index in [1.807, 2.05) is 40.9 Å². The summed E-state index contributed by atoms with van der Waals surface area (Å²) in [5.74, 6) is -0.167. The largest absolute Gasteiger partial charge is 0.394 e. The monoisotopic (exact) mass is 357 g/mol. The Kier molecular flexibility index (Phi) is 4.79. The van der Waals surface area contributed by atoms with E-state index in [0.717, 1.165) is 22.6 Å². The molecule has 5 nitrogen and oxygen atoms in total. The van der Waals surface area contributed by atoms with Crippen molar-refractivity contribution >= 4 is 23.2 Å². The molecule has 2 heterocycles. The molecule has 0 radical (unpaired) electrons. The van der Waals surface area contributed by atoms with E-state index in [-0.39, 0.29) is 18.9 Å². The Morgan fingerprint density at radius 2 is 1.96 bits per heavy atom. The van der Waals surface area contributed by atoms with Crippen LogP contribution in [0, 0.1) is 0 Å². The maximum absolute atomic E-state index is 12.5. The summed E-state index contributed by atoms with van der Waals surface area (Å²) in [4.78, 5) is 17.2. The van der Waals surface area contributed by atoms with Crippen molar-refractivity contribution in [3.8, 4) is 11.3 Å². The molecule has 0 aliphatic heterocycles. The quantitative estimate of drug-likeness (QED) is 0.737. The van der Waals surface area contributed by atoms with Crippen LogP contribution in [-0.4, -0.2) is 32.5 Å². The zero-order valence-electron chi connectivity index (χ0n) is 14.2. The molecule has 0 unspecified atom stereocenters. The van der Waals surface area contributed by atoms with Gasteiger partial charge in [0.05, 0.1) is 30.0 Å². The van der Waals surface area contributed by atoms with Gasteiger partial charge in [-0.25, -0.2) is 4.98 Å². The number of amides is 1. The summed E-state index contributed by atoms with van der Waals surface area (Å²) in [7, 11) is 0. The Balaban J connectivity index is 2.02. The predicted octanol–water partition coefficient (Wildman–Crippen LogP) is 3.08. The van der Waals surface area contributed by atoms with Gasteiger partial charge in [-0.05, 0) is 38.1 Å². The summed E-state index contributed by atoms with van der Waals surface area (Å²) in [5.41, 5.74) is 2.55. The third kappa shape index (κ3) is 3.83. The number of aromatic nitrogens is 2. The van der Waals surface area contributed by atoms with E-state index in [2.05, 4.69) is 10.3 Å². The first-order chi connectivity index (χ1) is 11.9. The van der Waals surface area contributed by atoms with E-state index < -0.39 is 5.54 Å². The van der Waals surface area contributed by atoms with Crippen molar-refractivity contribution in [2.45, 2.75) is 25.8 Å². The minimum absolute atomic E-state index is 0.129. The highest BCUT2D eigenvalue weighted by atomic mass is 35.5. The second-order valence-corrected chi connectivity index (χ2v) is 7.05. The fourth-order valence-electron chi connectivity index (χ4n) is 2.67. The van der Waals surface area contributed by atoms with Crippen LogP contribution >= 0.6 is 11.6 Å². The van der Waals surface area contributed by atoms with Gasteiger partial charge in [0.2, 0.25) is 5.91 Å². The molecule has 3 rings (SSSR count). The van der Waals surface area contributed by atoms with E-state index in [1.54, 1.807) is 26.0 Å². The lowest BCUT2D eigenvalue weighted by Gasteiger charge is -2.23. The minimum Gasteiger partial charge on any atom is -0.394 e. The summed E-state index contributed by atoms with van der Waals surface area (Å²) in [6.07, 6.45) is 2.05. The van der Waals surface area contributed by atoms with E-state index in [9.17, 15) is 9.90 Å². The molecule has 0 spiro atoms. The first-order valence-electron chi connectivity index (χ1n) is 8.03. The average molecular weight is 358 g/mol. The van der Waals surface area contributed by atoms with Crippen molar-refractivity contribution in [2.24, 2.45) is 0 Å². The molecule has 0 atom stereocenters. The number of nitrogens with one attached hydrogen (secondary N) is 1. The highest BCUT2D eigenvalue weighted by Crippen LogP contribution is 2.26. The highest BCUT2D eigenvalue weighted by Gasteiger charge is 2.22. The summed E-state index contributed by atoms with van der Waals surface area (Å²) in [6, 6.07) is 13.1. The number of pyridine rings is 1. The minimum atomic E-state index is -0.669. The number of rotatable bonds is 5. The first-order valence-corrected chi connectivity index (χ1v) is 8.41. The van der Waals surface area contributed by atoms with Crippen LogP contribution in [0.25, 0.3) is 16.9 Å². The molecule has 0 fully saturated rings. The van der Waals surface area contributed by atoms with Crippen molar-refractivity contribution in [2.75, 3.05) is 6.61 Å². The lowest BCUT2D eigenvalue weighted by Crippen LogP contribution is -2.47. The Bertz CT molecular complexity index is 901. The number of hydrogen-bond acceptors (Lipinski definition) is 3. The molecule has 6 heteroatoms. The van der Waals surface area contributed by atoms with Gasteiger partial charge in [-0.15, -0.1) is 0 Å². The summed E-state index contributed by atoms with van der Waals surface area (Å²) < 4.78 is 1.91. The standard InChI is InChI=1S/C19H20ClN3O2/c1-19(2,12-24)22-17(25)11-15-18(13-6-8-14(20)9-7-13)21-16-5-3-4-10-23(15)16/h3-10,24H,11-12H2,1-2H3,(H,22,25). The van der Waals surface area contributed by atoms with Crippen molar-refractivity contribution in [3.63, 3.8) is 0 Å². The molecule has 3 aromatic rings. The van der Waals surface area contributed by atoms with Crippen LogP contribution in [0.4, 0.5) is 0 Å². The molecule has 1 amide bonds. The number of imidazole rings is 1. The molecule has 25 heavy (non-hydrogen) atoms. The summed E-state index contributed by atoms with van der Waals surface area (Å²) in [6.45, 7) is 3.43. The highest BCUT2D eigenvalue weighted by molar-refractivity contribution is 6.30. The molecule has 0 aliphatic carbocycles. The van der Waals surface area contributed by atoms with Crippen LogP contribution < -0.4 is 5.32 Å². The van der Waals surface area contributed by atoms with Gasteiger partial charge in [0.1, 0.15) is 5.65 Å². The molecule has 130 valence electrons. The smallest absolute Gasteiger partial charge is 0.226 e. The summed E-state index contributed by atoms with van der Waals surface area (Å²) >= 11 is 5.98. The Hall–Kier alpha value is -2.37. The molecular weight excluding hydrogens is 338 g/mol. The van der Waals surface area contributed by atoms with Crippen molar-refractivity contribution in [3.05, 3.63) is 59.4 Å². The molecule has 0 saturated heterocycles. The molecule has 0 aliphatic rings. The van der Waals surface area contributed by atoms with Gasteiger partial charge in [0.15, 0.2) is 0 Å². The predicted molar refractivity (Wildman–Crippen MR) is 98.6 cm³/mol. The number of aliphatic hydroxyl groups is 1. The van der Waals surface area contributed by atoms with E-state index >= 15 is 0 Å². The maximum Gasteiger partial charge on any atom is 0.226 e. The SMILES string of the molecule is CC(C)(CO)NC(=O)Cc1c(-c2ccc(Cl)cc2)nc2ccccn12. The molecular formula is C19H20ClN3O2. The van der Waals surface area contributed by atoms with Crippen LogP contribution in [0.15, 0.2) is 48.7 Å². The lowest BCUT2D eigenvalue weighted by molar-refractivity contribution is -0.122. The van der Waals surface area contributed by atoms with E-state index in [1.165, 1.54) is 0 Å². The number of carbonyl (C=O) groups excluding carboxylic acids is 1. The van der Waals surface area contributed by atoms with Crippen LogP contribution in [0.1, 0.15) is 19.5 Å². The molecule has 2 N–H and O–H groups in total. The van der Waals surface area contributed by atoms with E-state index in [4.69, 9.17) is 11.6 Å². The number of halogens is 1. The fraction of sp³-hybridized carbons (Fsp3) is 0.263. The molecule has 0 bridgehead atoms. The van der Waals surface area contributed by atoms with Crippen LogP contribution in [0.3, 0.4) is 0 Å². The normalized spacial score (nSPS) is 11.7. The topological polar surface area (TPSA) is 66.6 Å². The fourth-order valence-corrected chi connectivity index (χ4v) is 2.79. The number of nitrogens with zero attached hydrogens (tertiary/aromatic N) is 2. The van der Waals surface area contributed by atoms with Gasteiger partial charge in [-0.1, -0.05) is 29.8 Å². The second-order valence-electron chi connectivity index (χ2n) is 6.61. The number of hydrogen-bond donors (Lipinski definition) is 2. The number of fused-ring (bicyclic) bond motifs is 1. The maximum atomic E-state index is 12.5. The summed E-state index contributed by atoms with van der Waals surface area (Å²) in [5, 5.41) is 12.8. The van der Waals surface area contributed by atoms with Crippen LogP contribution in [0.2, 0.25) is 5.02 Å². The van der Waals surface area contributed by atoms with Crippen molar-refractivity contribution in [1.29, 1.82) is 0 Å².